The molecular weight excluding hydrogens is 266 g/mol. The molecule has 0 fully saturated rings. The van der Waals surface area contributed by atoms with E-state index < -0.39 is 12.0 Å². The van der Waals surface area contributed by atoms with Crippen molar-refractivity contribution in [3.05, 3.63) is 11.1 Å². The van der Waals surface area contributed by atoms with Crippen LogP contribution in [-0.4, -0.2) is 28.0 Å². The number of rotatable bonds is 7. The van der Waals surface area contributed by atoms with E-state index in [1.807, 2.05) is 13.8 Å². The highest BCUT2D eigenvalue weighted by atomic mass is 32.1. The molecule has 1 aromatic rings. The average Bonchev–Trinajstić information content (AvgIpc) is 2.71. The Balaban J connectivity index is 2.42. The number of nitrogen functional groups attached to an aromatic ring is 1. The molecule has 0 saturated heterocycles. The van der Waals surface area contributed by atoms with Gasteiger partial charge in [0.15, 0.2) is 5.13 Å². The molecule has 1 amide bonds. The highest BCUT2D eigenvalue weighted by molar-refractivity contribution is 7.13. The van der Waals surface area contributed by atoms with Gasteiger partial charge in [-0.15, -0.1) is 11.3 Å². The maximum Gasteiger partial charge on any atom is 0.326 e. The van der Waals surface area contributed by atoms with Gasteiger partial charge in [-0.2, -0.15) is 0 Å². The van der Waals surface area contributed by atoms with Crippen molar-refractivity contribution in [2.75, 3.05) is 5.73 Å². The predicted molar refractivity (Wildman–Crippen MR) is 73.9 cm³/mol. The number of nitrogens with one attached hydrogen (secondary N) is 1. The van der Waals surface area contributed by atoms with Crippen LogP contribution >= 0.6 is 11.3 Å². The number of hydrogen-bond donors (Lipinski definition) is 3. The topological polar surface area (TPSA) is 105 Å². The summed E-state index contributed by atoms with van der Waals surface area (Å²) in [6.07, 6.45) is 1.10. The van der Waals surface area contributed by atoms with Gasteiger partial charge in [0.25, 0.3) is 0 Å². The summed E-state index contributed by atoms with van der Waals surface area (Å²) in [5, 5.41) is 13.8. The van der Waals surface area contributed by atoms with Crippen LogP contribution in [0, 0.1) is 5.92 Å². The molecule has 1 rings (SSSR count). The Morgan fingerprint density at radius 3 is 2.68 bits per heavy atom. The third kappa shape index (κ3) is 5.69. The minimum Gasteiger partial charge on any atom is -0.480 e. The molecule has 1 aromatic heterocycles. The second-order valence-corrected chi connectivity index (χ2v) is 5.65. The van der Waals surface area contributed by atoms with Crippen molar-refractivity contribution in [3.8, 4) is 0 Å². The molecule has 0 saturated carbocycles. The Labute approximate surface area is 116 Å². The number of carbonyl (C=O) groups excluding carboxylic acids is 1. The van der Waals surface area contributed by atoms with Crippen LogP contribution in [0.25, 0.3) is 0 Å². The fourth-order valence-corrected chi connectivity index (χ4v) is 2.24. The molecule has 7 heteroatoms. The van der Waals surface area contributed by atoms with Crippen LogP contribution in [0.4, 0.5) is 5.13 Å². The lowest BCUT2D eigenvalue weighted by Gasteiger charge is -2.16. The van der Waals surface area contributed by atoms with Gasteiger partial charge in [-0.1, -0.05) is 13.8 Å². The number of aryl methyl sites for hydroxylation is 1. The van der Waals surface area contributed by atoms with E-state index in [1.54, 1.807) is 5.38 Å². The molecule has 6 nitrogen and oxygen atoms in total. The Morgan fingerprint density at radius 2 is 2.21 bits per heavy atom. The van der Waals surface area contributed by atoms with Gasteiger partial charge in [0.05, 0.1) is 5.69 Å². The number of anilines is 1. The van der Waals surface area contributed by atoms with Crippen molar-refractivity contribution >= 4 is 28.3 Å². The summed E-state index contributed by atoms with van der Waals surface area (Å²) in [5.41, 5.74) is 6.25. The fraction of sp³-hybridized carbons (Fsp3) is 0.583. The summed E-state index contributed by atoms with van der Waals surface area (Å²) in [6, 6.07) is -0.826. The van der Waals surface area contributed by atoms with Gasteiger partial charge in [0.2, 0.25) is 5.91 Å². The van der Waals surface area contributed by atoms with E-state index in [0.717, 1.165) is 5.69 Å². The van der Waals surface area contributed by atoms with Gasteiger partial charge in [-0.25, -0.2) is 9.78 Å². The first kappa shape index (κ1) is 15.4. The van der Waals surface area contributed by atoms with Crippen molar-refractivity contribution in [3.63, 3.8) is 0 Å². The van der Waals surface area contributed by atoms with Crippen molar-refractivity contribution < 1.29 is 14.7 Å². The smallest absolute Gasteiger partial charge is 0.326 e. The van der Waals surface area contributed by atoms with Crippen LogP contribution in [0.2, 0.25) is 0 Å². The maximum absolute atomic E-state index is 11.7. The van der Waals surface area contributed by atoms with Crippen LogP contribution in [0.15, 0.2) is 5.38 Å². The van der Waals surface area contributed by atoms with Crippen LogP contribution in [-0.2, 0) is 16.0 Å². The standard InChI is InChI=1S/C12H19N3O3S/c1-7(2)5-9(11(17)18)15-10(16)4-3-8-6-19-12(13)14-8/h6-7,9H,3-5H2,1-2H3,(H2,13,14)(H,15,16)(H,17,18)/t9-/m0/s1. The van der Waals surface area contributed by atoms with Gasteiger partial charge in [0, 0.05) is 11.8 Å². The Bertz CT molecular complexity index is 445. The number of nitrogens with two attached hydrogens (primary N) is 1. The van der Waals surface area contributed by atoms with Gasteiger partial charge in [-0.05, 0) is 18.8 Å². The average molecular weight is 285 g/mol. The second-order valence-electron chi connectivity index (χ2n) is 4.76. The number of carbonyl (C=O) groups is 2. The number of carboxylic acid groups (broad SMARTS) is 1. The first-order chi connectivity index (χ1) is 8.88. The summed E-state index contributed by atoms with van der Waals surface area (Å²) < 4.78 is 0. The first-order valence-electron chi connectivity index (χ1n) is 6.10. The van der Waals surface area contributed by atoms with E-state index in [-0.39, 0.29) is 18.2 Å². The summed E-state index contributed by atoms with van der Waals surface area (Å²) in [6.45, 7) is 3.83. The molecule has 19 heavy (non-hydrogen) atoms. The van der Waals surface area contributed by atoms with E-state index in [4.69, 9.17) is 10.8 Å². The molecule has 1 atom stereocenters. The normalized spacial score (nSPS) is 12.4. The monoisotopic (exact) mass is 285 g/mol. The maximum atomic E-state index is 11.7. The van der Waals surface area contributed by atoms with E-state index >= 15 is 0 Å². The molecule has 0 bridgehead atoms. The highest BCUT2D eigenvalue weighted by Crippen LogP contribution is 2.12. The number of hydrogen-bond acceptors (Lipinski definition) is 5. The van der Waals surface area contributed by atoms with Crippen LogP contribution in [0.1, 0.15) is 32.4 Å². The molecule has 106 valence electrons. The summed E-state index contributed by atoms with van der Waals surface area (Å²) in [5.74, 6) is -1.07. The molecule has 0 aliphatic carbocycles. The number of carboxylic acids is 1. The summed E-state index contributed by atoms with van der Waals surface area (Å²) >= 11 is 1.32. The van der Waals surface area contributed by atoms with Crippen LogP contribution < -0.4 is 11.1 Å². The largest absolute Gasteiger partial charge is 0.480 e. The van der Waals surface area contributed by atoms with Crippen molar-refractivity contribution in [1.29, 1.82) is 0 Å². The SMILES string of the molecule is CC(C)C[C@H](NC(=O)CCc1csc(N)n1)C(=O)O. The molecule has 0 unspecified atom stereocenters. The number of thiazole rings is 1. The van der Waals surface area contributed by atoms with E-state index in [0.29, 0.717) is 18.0 Å². The summed E-state index contributed by atoms with van der Waals surface area (Å²) in [4.78, 5) is 26.7. The van der Waals surface area contributed by atoms with Gasteiger partial charge in [0.1, 0.15) is 6.04 Å². The lowest BCUT2D eigenvalue weighted by Crippen LogP contribution is -2.41. The van der Waals surface area contributed by atoms with Gasteiger partial charge >= 0.3 is 5.97 Å². The lowest BCUT2D eigenvalue weighted by atomic mass is 10.0. The van der Waals surface area contributed by atoms with E-state index in [1.165, 1.54) is 11.3 Å². The molecule has 0 radical (unpaired) electrons. The highest BCUT2D eigenvalue weighted by Gasteiger charge is 2.20. The van der Waals surface area contributed by atoms with Gasteiger partial charge < -0.3 is 16.2 Å². The zero-order valence-corrected chi connectivity index (χ0v) is 11.9. The molecule has 0 aliphatic rings. The molecule has 0 aliphatic heterocycles. The molecule has 4 N–H and O–H groups in total. The molecular formula is C12H19N3O3S. The van der Waals surface area contributed by atoms with Crippen molar-refractivity contribution in [2.24, 2.45) is 5.92 Å². The Hall–Kier alpha value is -1.63. The second kappa shape index (κ2) is 7.08. The third-order valence-electron chi connectivity index (χ3n) is 2.52. The van der Waals surface area contributed by atoms with Gasteiger partial charge in [-0.3, -0.25) is 4.79 Å². The quantitative estimate of drug-likeness (QED) is 0.699. The van der Waals surface area contributed by atoms with E-state index in [9.17, 15) is 9.59 Å². The molecule has 1 heterocycles. The van der Waals surface area contributed by atoms with Crippen LogP contribution in [0.5, 0.6) is 0 Å². The number of aliphatic carboxylic acids is 1. The zero-order chi connectivity index (χ0) is 14.4. The predicted octanol–water partition coefficient (Wildman–Crippen LogP) is 1.27. The minimum atomic E-state index is -1.00. The van der Waals surface area contributed by atoms with Crippen LogP contribution in [0.3, 0.4) is 0 Å². The Morgan fingerprint density at radius 1 is 1.53 bits per heavy atom. The molecule has 0 aromatic carbocycles. The van der Waals surface area contributed by atoms with Crippen molar-refractivity contribution in [2.45, 2.75) is 39.2 Å². The number of amides is 1. The molecule has 0 spiro atoms. The number of aromatic nitrogens is 1. The number of nitrogens with zero attached hydrogens (tertiary/aromatic N) is 1. The Kier molecular flexibility index (Phi) is 5.75. The third-order valence-corrected chi connectivity index (χ3v) is 3.24. The first-order valence-corrected chi connectivity index (χ1v) is 6.98. The zero-order valence-electron chi connectivity index (χ0n) is 11.0. The van der Waals surface area contributed by atoms with Crippen molar-refractivity contribution in [1.82, 2.24) is 10.3 Å². The summed E-state index contributed by atoms with van der Waals surface area (Å²) in [7, 11) is 0. The lowest BCUT2D eigenvalue weighted by molar-refractivity contribution is -0.142. The minimum absolute atomic E-state index is 0.208. The fourth-order valence-electron chi connectivity index (χ4n) is 1.64. The van der Waals surface area contributed by atoms with E-state index in [2.05, 4.69) is 10.3 Å².